The maximum Gasteiger partial charge on any atom is 0.262 e. The summed E-state index contributed by atoms with van der Waals surface area (Å²) in [6.45, 7) is 6.07. The molecule has 0 aromatic heterocycles. The summed E-state index contributed by atoms with van der Waals surface area (Å²) < 4.78 is 16.1. The summed E-state index contributed by atoms with van der Waals surface area (Å²) >= 11 is 0. The van der Waals surface area contributed by atoms with E-state index in [4.69, 9.17) is 19.3 Å². The molecule has 0 N–H and O–H groups in total. The fraction of sp³-hybridized carbons (Fsp3) is 0.464. The van der Waals surface area contributed by atoms with Gasteiger partial charge in [-0.15, -0.1) is 0 Å². The van der Waals surface area contributed by atoms with Gasteiger partial charge in [0.15, 0.2) is 0 Å². The van der Waals surface area contributed by atoms with E-state index >= 15 is 0 Å². The second-order valence-electron chi connectivity index (χ2n) is 9.13. The molecule has 1 unspecified atom stereocenters. The Morgan fingerprint density at radius 2 is 1.78 bits per heavy atom. The van der Waals surface area contributed by atoms with Crippen molar-refractivity contribution in [3.8, 4) is 11.5 Å². The maximum atomic E-state index is 13.7. The summed E-state index contributed by atoms with van der Waals surface area (Å²) in [5.41, 5.74) is 2.66. The highest BCUT2D eigenvalue weighted by molar-refractivity contribution is 6.03. The topological polar surface area (TPSA) is 83.9 Å². The lowest BCUT2D eigenvalue weighted by Crippen LogP contribution is -2.46. The molecule has 9 nitrogen and oxygen atoms in total. The van der Waals surface area contributed by atoms with Gasteiger partial charge in [0.2, 0.25) is 5.91 Å². The molecule has 0 radical (unpaired) electrons. The van der Waals surface area contributed by atoms with Gasteiger partial charge in [-0.25, -0.2) is 5.01 Å². The summed E-state index contributed by atoms with van der Waals surface area (Å²) in [6.07, 6.45) is 0.900. The number of hydrogen-bond acceptors (Lipinski definition) is 7. The number of benzene rings is 2. The van der Waals surface area contributed by atoms with Crippen molar-refractivity contribution in [2.45, 2.75) is 25.8 Å². The average molecular weight is 509 g/mol. The van der Waals surface area contributed by atoms with Crippen LogP contribution in [0.5, 0.6) is 11.5 Å². The van der Waals surface area contributed by atoms with E-state index in [0.717, 1.165) is 41.4 Å². The number of nitrogens with zero attached hydrogens (tertiary/aromatic N) is 4. The van der Waals surface area contributed by atoms with E-state index in [0.29, 0.717) is 39.1 Å². The Morgan fingerprint density at radius 1 is 1.05 bits per heavy atom. The minimum atomic E-state index is -0.280. The summed E-state index contributed by atoms with van der Waals surface area (Å²) in [7, 11) is 3.25. The van der Waals surface area contributed by atoms with Gasteiger partial charge in [0, 0.05) is 44.6 Å². The van der Waals surface area contributed by atoms with Crippen LogP contribution in [0.1, 0.15) is 36.9 Å². The van der Waals surface area contributed by atoms with Gasteiger partial charge < -0.3 is 19.1 Å². The SMILES string of the molecule is CCC(=O)N(CCN1CCOCC1)CC(=O)N1N=C(c2cccc(OC)c2)CC1c1ccc(OC)cc1. The molecule has 2 aromatic carbocycles. The molecule has 4 rings (SSSR count). The van der Waals surface area contributed by atoms with Gasteiger partial charge in [-0.1, -0.05) is 31.2 Å². The lowest BCUT2D eigenvalue weighted by atomic mass is 9.98. The van der Waals surface area contributed by atoms with E-state index in [2.05, 4.69) is 4.90 Å². The highest BCUT2D eigenvalue weighted by Crippen LogP contribution is 2.34. The summed E-state index contributed by atoms with van der Waals surface area (Å²) in [6, 6.07) is 15.1. The molecule has 2 aliphatic heterocycles. The molecule has 0 saturated carbocycles. The van der Waals surface area contributed by atoms with Crippen LogP contribution in [0.25, 0.3) is 0 Å². The molecular formula is C28H36N4O5. The fourth-order valence-electron chi connectivity index (χ4n) is 4.64. The first kappa shape index (κ1) is 26.6. The number of hydrogen-bond donors (Lipinski definition) is 0. The van der Waals surface area contributed by atoms with Crippen LogP contribution in [0.3, 0.4) is 0 Å². The largest absolute Gasteiger partial charge is 0.497 e. The Balaban J connectivity index is 1.56. The minimum absolute atomic E-state index is 0.0153. The first-order chi connectivity index (χ1) is 18.0. The zero-order chi connectivity index (χ0) is 26.2. The molecule has 0 spiro atoms. The number of hydrazone groups is 1. The molecule has 37 heavy (non-hydrogen) atoms. The molecule has 1 atom stereocenters. The number of methoxy groups -OCH3 is 2. The van der Waals surface area contributed by atoms with Crippen molar-refractivity contribution in [2.75, 3.05) is 60.2 Å². The first-order valence-corrected chi connectivity index (χ1v) is 12.8. The third-order valence-electron chi connectivity index (χ3n) is 6.84. The predicted molar refractivity (Wildman–Crippen MR) is 141 cm³/mol. The van der Waals surface area contributed by atoms with Crippen LogP contribution in [0, 0.1) is 0 Å². The van der Waals surface area contributed by atoms with Crippen molar-refractivity contribution in [1.82, 2.24) is 14.8 Å². The zero-order valence-electron chi connectivity index (χ0n) is 21.9. The van der Waals surface area contributed by atoms with Crippen molar-refractivity contribution < 1.29 is 23.8 Å². The number of amides is 2. The summed E-state index contributed by atoms with van der Waals surface area (Å²) in [5.74, 6) is 1.23. The van der Waals surface area contributed by atoms with Gasteiger partial charge in [-0.2, -0.15) is 5.10 Å². The van der Waals surface area contributed by atoms with Crippen LogP contribution in [-0.4, -0.2) is 92.5 Å². The molecule has 1 fully saturated rings. The number of carbonyl (C=O) groups excluding carboxylic acids is 2. The van der Waals surface area contributed by atoms with E-state index < -0.39 is 0 Å². The molecular weight excluding hydrogens is 472 g/mol. The second-order valence-corrected chi connectivity index (χ2v) is 9.13. The van der Waals surface area contributed by atoms with Gasteiger partial charge in [0.05, 0.1) is 39.2 Å². The lowest BCUT2D eigenvalue weighted by molar-refractivity contribution is -0.141. The van der Waals surface area contributed by atoms with Gasteiger partial charge in [0.1, 0.15) is 18.0 Å². The maximum absolute atomic E-state index is 13.7. The third-order valence-corrected chi connectivity index (χ3v) is 6.84. The van der Waals surface area contributed by atoms with Gasteiger partial charge in [-0.05, 0) is 29.8 Å². The highest BCUT2D eigenvalue weighted by atomic mass is 16.5. The molecule has 2 heterocycles. The van der Waals surface area contributed by atoms with Crippen molar-refractivity contribution in [2.24, 2.45) is 5.10 Å². The molecule has 198 valence electrons. The van der Waals surface area contributed by atoms with Crippen LogP contribution in [0.2, 0.25) is 0 Å². The van der Waals surface area contributed by atoms with Gasteiger partial charge >= 0.3 is 0 Å². The van der Waals surface area contributed by atoms with Crippen molar-refractivity contribution in [3.05, 3.63) is 59.7 Å². The standard InChI is InChI=1S/C28H36N4O5/c1-4-27(33)31(13-12-30-14-16-37-17-15-30)20-28(34)32-26(21-8-10-23(35-2)11-9-21)19-25(29-32)22-6-5-7-24(18-22)36-3/h5-11,18,26H,4,12-17,19-20H2,1-3H3. The Morgan fingerprint density at radius 3 is 2.46 bits per heavy atom. The van der Waals surface area contributed by atoms with Crippen LogP contribution in [-0.2, 0) is 14.3 Å². The number of rotatable bonds is 10. The van der Waals surface area contributed by atoms with Gasteiger partial charge in [0.25, 0.3) is 5.91 Å². The van der Waals surface area contributed by atoms with Crippen LogP contribution in [0.4, 0.5) is 0 Å². The average Bonchev–Trinajstić information content (AvgIpc) is 3.41. The van der Waals surface area contributed by atoms with Crippen molar-refractivity contribution >= 4 is 17.5 Å². The van der Waals surface area contributed by atoms with E-state index in [1.54, 1.807) is 24.1 Å². The minimum Gasteiger partial charge on any atom is -0.497 e. The van der Waals surface area contributed by atoms with Crippen LogP contribution in [0.15, 0.2) is 53.6 Å². The van der Waals surface area contributed by atoms with E-state index in [1.165, 1.54) is 0 Å². The molecule has 2 amide bonds. The normalized spacial score (nSPS) is 17.9. The first-order valence-electron chi connectivity index (χ1n) is 12.8. The summed E-state index contributed by atoms with van der Waals surface area (Å²) in [5, 5.41) is 6.31. The van der Waals surface area contributed by atoms with Crippen molar-refractivity contribution in [3.63, 3.8) is 0 Å². The molecule has 2 aromatic rings. The molecule has 2 aliphatic rings. The molecule has 0 bridgehead atoms. The molecule has 1 saturated heterocycles. The Labute approximate surface area is 218 Å². The Kier molecular flexibility index (Phi) is 9.14. The van der Waals surface area contributed by atoms with Gasteiger partial charge in [-0.3, -0.25) is 14.5 Å². The molecule has 0 aliphatic carbocycles. The van der Waals surface area contributed by atoms with Crippen LogP contribution >= 0.6 is 0 Å². The van der Waals surface area contributed by atoms with Crippen LogP contribution < -0.4 is 9.47 Å². The quantitative estimate of drug-likeness (QED) is 0.491. The Hall–Kier alpha value is -3.43. The lowest BCUT2D eigenvalue weighted by Gasteiger charge is -2.31. The zero-order valence-corrected chi connectivity index (χ0v) is 21.9. The van der Waals surface area contributed by atoms with E-state index in [9.17, 15) is 9.59 Å². The summed E-state index contributed by atoms with van der Waals surface area (Å²) in [4.78, 5) is 30.4. The Bertz CT molecular complexity index is 1100. The second kappa shape index (κ2) is 12.7. The molecule has 9 heteroatoms. The number of carbonyl (C=O) groups is 2. The number of morpholine rings is 1. The van der Waals surface area contributed by atoms with E-state index in [-0.39, 0.29) is 24.4 Å². The number of ether oxygens (including phenoxy) is 3. The highest BCUT2D eigenvalue weighted by Gasteiger charge is 2.34. The van der Waals surface area contributed by atoms with Crippen molar-refractivity contribution in [1.29, 1.82) is 0 Å². The predicted octanol–water partition coefficient (Wildman–Crippen LogP) is 2.95. The fourth-order valence-corrected chi connectivity index (χ4v) is 4.64. The third kappa shape index (κ3) is 6.67. The smallest absolute Gasteiger partial charge is 0.262 e. The monoisotopic (exact) mass is 508 g/mol. The van der Waals surface area contributed by atoms with E-state index in [1.807, 2.05) is 55.5 Å².